The summed E-state index contributed by atoms with van der Waals surface area (Å²) >= 11 is 1.79. The molecule has 0 amide bonds. The van der Waals surface area contributed by atoms with E-state index in [2.05, 4.69) is 188 Å². The van der Waals surface area contributed by atoms with Gasteiger partial charge in [-0.15, -0.1) is 11.3 Å². The predicted molar refractivity (Wildman–Crippen MR) is 321 cm³/mol. The van der Waals surface area contributed by atoms with Crippen molar-refractivity contribution in [3.8, 4) is 79.5 Å². The molecule has 0 saturated carbocycles. The van der Waals surface area contributed by atoms with Gasteiger partial charge in [-0.2, -0.15) is 0 Å². The Balaban J connectivity index is 1.04. The van der Waals surface area contributed by atoms with Crippen LogP contribution in [0.5, 0.6) is 0 Å². The Kier molecular flexibility index (Phi) is 9.98. The van der Waals surface area contributed by atoms with Crippen molar-refractivity contribution < 1.29 is 4.42 Å². The van der Waals surface area contributed by atoms with Crippen LogP contribution in [0.15, 0.2) is 247 Å². The van der Waals surface area contributed by atoms with Crippen molar-refractivity contribution in [3.05, 3.63) is 243 Å². The van der Waals surface area contributed by atoms with Crippen LogP contribution in [0, 0.1) is 0 Å². The van der Waals surface area contributed by atoms with Gasteiger partial charge in [-0.05, 0) is 85.2 Å². The van der Waals surface area contributed by atoms with Crippen LogP contribution < -0.4 is 0 Å². The third kappa shape index (κ3) is 7.11. The number of aromatic nitrogens is 6. The van der Waals surface area contributed by atoms with Crippen LogP contribution in [0.4, 0.5) is 0 Å². The van der Waals surface area contributed by atoms with Crippen LogP contribution >= 0.6 is 11.3 Å². The first-order valence-electron chi connectivity index (χ1n) is 26.0. The lowest BCUT2D eigenvalue weighted by atomic mass is 9.89. The summed E-state index contributed by atoms with van der Waals surface area (Å²) in [5.41, 5.74) is 8.79. The minimum Gasteiger partial charge on any atom is -0.455 e. The van der Waals surface area contributed by atoms with E-state index in [1.165, 1.54) is 20.2 Å². The largest absolute Gasteiger partial charge is 0.455 e. The molecule has 12 aromatic carbocycles. The summed E-state index contributed by atoms with van der Waals surface area (Å²) < 4.78 is 9.95. The summed E-state index contributed by atoms with van der Waals surface area (Å²) in [5, 5.41) is 12.5. The molecule has 0 atom stereocenters. The van der Waals surface area contributed by atoms with E-state index in [9.17, 15) is 0 Å². The van der Waals surface area contributed by atoms with E-state index in [1.54, 1.807) is 11.3 Å². The Morgan fingerprint density at radius 1 is 0.269 bits per heavy atom. The molecular formula is C70H40N6OS. The van der Waals surface area contributed by atoms with Gasteiger partial charge in [-0.25, -0.2) is 29.9 Å². The minimum atomic E-state index is 0.514. The monoisotopic (exact) mass is 1010 g/mol. The third-order valence-electron chi connectivity index (χ3n) is 15.1. The summed E-state index contributed by atoms with van der Waals surface area (Å²) in [6.45, 7) is 0. The zero-order valence-corrected chi connectivity index (χ0v) is 42.4. The van der Waals surface area contributed by atoms with Crippen molar-refractivity contribution in [2.75, 3.05) is 0 Å². The van der Waals surface area contributed by atoms with Gasteiger partial charge in [0.15, 0.2) is 34.9 Å². The average Bonchev–Trinajstić information content (AvgIpc) is 3.76. The first kappa shape index (κ1) is 44.1. The van der Waals surface area contributed by atoms with Crippen molar-refractivity contribution in [3.63, 3.8) is 0 Å². The number of fused-ring (bicyclic) bond motifs is 14. The van der Waals surface area contributed by atoms with Gasteiger partial charge in [-0.3, -0.25) is 0 Å². The highest BCUT2D eigenvalue weighted by molar-refractivity contribution is 7.25. The van der Waals surface area contributed by atoms with Gasteiger partial charge in [0.2, 0.25) is 0 Å². The van der Waals surface area contributed by atoms with Crippen molar-refractivity contribution in [1.82, 2.24) is 29.9 Å². The average molecular weight is 1010 g/mol. The molecule has 4 aromatic heterocycles. The van der Waals surface area contributed by atoms with E-state index in [1.807, 2.05) is 54.6 Å². The van der Waals surface area contributed by atoms with Gasteiger partial charge in [0.05, 0.1) is 0 Å². The standard InChI is InChI=1S/C70H40N6OS/c1-4-18-41(19-5-1)42-32-34-45(35-33-42)67-71-66(44-22-8-3-9-23-44)75-70(76-67)62-48-25-11-10-24-46(48)39-57-63(62)61-56(40-55-51-28-13-12-26-49(51)50-27-14-15-30-53(50)60(55)64(61)77-57)69-73-65(43-20-6-2-7-21-43)72-68(74-69)47-36-37-59-54(38-47)52-29-16-17-31-58(52)78-59/h1-40H. The zero-order valence-electron chi connectivity index (χ0n) is 41.6. The maximum absolute atomic E-state index is 7.51. The number of furan rings is 1. The predicted octanol–water partition coefficient (Wildman–Crippen LogP) is 18.6. The second-order valence-electron chi connectivity index (χ2n) is 19.7. The van der Waals surface area contributed by atoms with Crippen LogP contribution in [0.3, 0.4) is 0 Å². The second-order valence-corrected chi connectivity index (χ2v) is 20.8. The third-order valence-corrected chi connectivity index (χ3v) is 16.3. The first-order valence-corrected chi connectivity index (χ1v) is 26.8. The van der Waals surface area contributed by atoms with E-state index in [0.717, 1.165) is 104 Å². The van der Waals surface area contributed by atoms with Crippen molar-refractivity contribution in [1.29, 1.82) is 0 Å². The highest BCUT2D eigenvalue weighted by Crippen LogP contribution is 2.50. The fourth-order valence-corrected chi connectivity index (χ4v) is 12.6. The van der Waals surface area contributed by atoms with Gasteiger partial charge in [0.25, 0.3) is 0 Å². The summed E-state index contributed by atoms with van der Waals surface area (Å²) in [4.78, 5) is 32.5. The molecule has 362 valence electrons. The quantitative estimate of drug-likeness (QED) is 0.147. The number of thiophene rings is 1. The van der Waals surface area contributed by atoms with E-state index in [4.69, 9.17) is 34.3 Å². The lowest BCUT2D eigenvalue weighted by Gasteiger charge is -2.15. The van der Waals surface area contributed by atoms with Crippen LogP contribution in [-0.4, -0.2) is 29.9 Å². The first-order chi connectivity index (χ1) is 38.6. The maximum atomic E-state index is 7.51. The summed E-state index contributed by atoms with van der Waals surface area (Å²) in [6.07, 6.45) is 0. The van der Waals surface area contributed by atoms with Gasteiger partial charge in [-0.1, -0.05) is 206 Å². The van der Waals surface area contributed by atoms with Gasteiger partial charge in [0.1, 0.15) is 11.2 Å². The molecule has 78 heavy (non-hydrogen) atoms. The summed E-state index contributed by atoms with van der Waals surface area (Å²) in [6, 6.07) is 84.5. The molecule has 0 aliphatic rings. The lowest BCUT2D eigenvalue weighted by molar-refractivity contribution is 0.673. The lowest BCUT2D eigenvalue weighted by Crippen LogP contribution is -2.02. The molecule has 0 N–H and O–H groups in total. The Bertz CT molecular complexity index is 5080. The van der Waals surface area contributed by atoms with Gasteiger partial charge >= 0.3 is 0 Å². The number of hydrogen-bond acceptors (Lipinski definition) is 8. The molecule has 0 aliphatic heterocycles. The van der Waals surface area contributed by atoms with Crippen molar-refractivity contribution >= 4 is 96.5 Å². The molecule has 16 aromatic rings. The smallest absolute Gasteiger partial charge is 0.165 e. The fourth-order valence-electron chi connectivity index (χ4n) is 11.5. The molecule has 0 unspecified atom stereocenters. The van der Waals surface area contributed by atoms with Crippen molar-refractivity contribution in [2.24, 2.45) is 0 Å². The molecule has 16 rings (SSSR count). The molecule has 0 radical (unpaired) electrons. The Labute approximate surface area is 450 Å². The van der Waals surface area contributed by atoms with E-state index >= 15 is 0 Å². The molecule has 0 fully saturated rings. The summed E-state index contributed by atoms with van der Waals surface area (Å²) in [7, 11) is 0. The highest BCUT2D eigenvalue weighted by atomic mass is 32.1. The van der Waals surface area contributed by atoms with E-state index in [0.29, 0.717) is 40.5 Å². The Morgan fingerprint density at radius 3 is 1.38 bits per heavy atom. The second kappa shape index (κ2) is 17.7. The molecule has 0 aliphatic carbocycles. The minimum absolute atomic E-state index is 0.514. The molecule has 0 spiro atoms. The molecule has 8 heteroatoms. The number of rotatable bonds is 7. The van der Waals surface area contributed by atoms with E-state index in [-0.39, 0.29) is 0 Å². The maximum Gasteiger partial charge on any atom is 0.165 e. The molecule has 7 nitrogen and oxygen atoms in total. The molecular weight excluding hydrogens is 973 g/mol. The molecule has 0 bridgehead atoms. The Hall–Kier alpha value is -10.3. The molecule has 4 heterocycles. The van der Waals surface area contributed by atoms with Gasteiger partial charge < -0.3 is 4.42 Å². The molecule has 0 saturated heterocycles. The van der Waals surface area contributed by atoms with Crippen molar-refractivity contribution in [2.45, 2.75) is 0 Å². The SMILES string of the molecule is c1ccc(-c2ccc(-c3nc(-c4ccccc4)nc(-c4c5ccccc5cc5oc6c(c(-c7nc(-c8ccccc8)nc(-c8ccc9sc%10ccccc%10c9c8)n7)cc7c8ccccc8c8ccccc8c76)c45)n3)cc2)cc1. The number of benzene rings is 12. The highest BCUT2D eigenvalue weighted by Gasteiger charge is 2.28. The fraction of sp³-hybridized carbons (Fsp3) is 0. The normalized spacial score (nSPS) is 11.8. The summed E-state index contributed by atoms with van der Waals surface area (Å²) in [5.74, 6) is 3.28. The van der Waals surface area contributed by atoms with E-state index < -0.39 is 0 Å². The zero-order chi connectivity index (χ0) is 51.3. The van der Waals surface area contributed by atoms with Crippen LogP contribution in [0.25, 0.3) is 165 Å². The van der Waals surface area contributed by atoms with Crippen LogP contribution in [0.1, 0.15) is 0 Å². The van der Waals surface area contributed by atoms with Crippen LogP contribution in [0.2, 0.25) is 0 Å². The number of hydrogen-bond donors (Lipinski definition) is 0. The Morgan fingerprint density at radius 2 is 0.718 bits per heavy atom. The number of nitrogens with zero attached hydrogens (tertiary/aromatic N) is 6. The topological polar surface area (TPSA) is 90.5 Å². The van der Waals surface area contributed by atoms with Crippen LogP contribution in [-0.2, 0) is 0 Å². The van der Waals surface area contributed by atoms with Gasteiger partial charge in [0, 0.05) is 69.7 Å².